The SMILES string of the molecule is Cc1cc(C=C2C(=O)N(C)C(=O)N(C)C2=O)c(C)n1-c1cc(C(=O)O)ccc1Cl. The van der Waals surface area contributed by atoms with Crippen molar-refractivity contribution in [3.63, 3.8) is 0 Å². The summed E-state index contributed by atoms with van der Waals surface area (Å²) in [5.74, 6) is -2.45. The second kappa shape index (κ2) is 7.21. The standard InChI is InChI=1S/C20H18ClN3O5/c1-10-7-13(8-14-17(25)22(3)20(29)23(4)18(14)26)11(2)24(10)16-9-12(19(27)28)5-6-15(16)21/h5-9H,1-4H3,(H,27,28). The van der Waals surface area contributed by atoms with Crippen LogP contribution in [0.25, 0.3) is 11.8 Å². The number of barbiturate groups is 1. The van der Waals surface area contributed by atoms with Crippen molar-refractivity contribution in [3.8, 4) is 5.69 Å². The Balaban J connectivity index is 2.14. The van der Waals surface area contributed by atoms with E-state index < -0.39 is 23.8 Å². The number of aromatic nitrogens is 1. The summed E-state index contributed by atoms with van der Waals surface area (Å²) in [6.45, 7) is 3.56. The molecular weight excluding hydrogens is 398 g/mol. The van der Waals surface area contributed by atoms with Crippen molar-refractivity contribution in [2.75, 3.05) is 14.1 Å². The van der Waals surface area contributed by atoms with Gasteiger partial charge >= 0.3 is 12.0 Å². The van der Waals surface area contributed by atoms with Crippen LogP contribution < -0.4 is 0 Å². The molecule has 0 aliphatic carbocycles. The first-order valence-corrected chi connectivity index (χ1v) is 8.96. The number of carbonyl (C=O) groups excluding carboxylic acids is 3. The van der Waals surface area contributed by atoms with Crippen LogP contribution in [0.3, 0.4) is 0 Å². The van der Waals surface area contributed by atoms with Gasteiger partial charge in [-0.05, 0) is 49.8 Å². The summed E-state index contributed by atoms with van der Waals surface area (Å²) in [5, 5.41) is 9.62. The predicted molar refractivity (Wildman–Crippen MR) is 106 cm³/mol. The monoisotopic (exact) mass is 415 g/mol. The van der Waals surface area contributed by atoms with Gasteiger partial charge in [-0.3, -0.25) is 19.4 Å². The molecular formula is C20H18ClN3O5. The molecule has 1 aliphatic heterocycles. The minimum absolute atomic E-state index is 0.0798. The second-order valence-corrected chi connectivity index (χ2v) is 7.11. The van der Waals surface area contributed by atoms with E-state index in [0.717, 1.165) is 15.5 Å². The lowest BCUT2D eigenvalue weighted by Gasteiger charge is -2.28. The number of hydrogen-bond donors (Lipinski definition) is 1. The summed E-state index contributed by atoms with van der Waals surface area (Å²) in [7, 11) is 2.61. The normalized spacial score (nSPS) is 14.7. The third-order valence-electron chi connectivity index (χ3n) is 4.85. The molecule has 150 valence electrons. The number of carboxylic acid groups (broad SMARTS) is 1. The maximum atomic E-state index is 12.4. The fourth-order valence-electron chi connectivity index (χ4n) is 3.25. The van der Waals surface area contributed by atoms with Crippen molar-refractivity contribution in [2.45, 2.75) is 13.8 Å². The number of aromatic carboxylic acids is 1. The van der Waals surface area contributed by atoms with Crippen LogP contribution in [-0.2, 0) is 9.59 Å². The van der Waals surface area contributed by atoms with Gasteiger partial charge in [0.05, 0.1) is 16.3 Å². The Morgan fingerprint density at radius 2 is 1.62 bits per heavy atom. The largest absolute Gasteiger partial charge is 0.478 e. The van der Waals surface area contributed by atoms with Crippen molar-refractivity contribution in [1.82, 2.24) is 14.4 Å². The fourth-order valence-corrected chi connectivity index (χ4v) is 3.45. The Morgan fingerprint density at radius 1 is 1.03 bits per heavy atom. The average Bonchev–Trinajstić information content (AvgIpc) is 2.95. The van der Waals surface area contributed by atoms with E-state index in [-0.39, 0.29) is 11.1 Å². The summed E-state index contributed by atoms with van der Waals surface area (Å²) in [4.78, 5) is 49.8. The molecule has 1 saturated heterocycles. The number of rotatable bonds is 3. The zero-order chi connectivity index (χ0) is 21.6. The lowest BCUT2D eigenvalue weighted by Crippen LogP contribution is -2.52. The van der Waals surface area contributed by atoms with Crippen LogP contribution >= 0.6 is 11.6 Å². The van der Waals surface area contributed by atoms with E-state index in [1.165, 1.54) is 38.4 Å². The van der Waals surface area contributed by atoms with Crippen molar-refractivity contribution in [1.29, 1.82) is 0 Å². The highest BCUT2D eigenvalue weighted by Crippen LogP contribution is 2.29. The summed E-state index contributed by atoms with van der Waals surface area (Å²) < 4.78 is 1.75. The highest BCUT2D eigenvalue weighted by molar-refractivity contribution is 6.32. The van der Waals surface area contributed by atoms with Gasteiger partial charge in [-0.25, -0.2) is 9.59 Å². The van der Waals surface area contributed by atoms with Crippen molar-refractivity contribution >= 4 is 41.5 Å². The van der Waals surface area contributed by atoms with Crippen LogP contribution in [0, 0.1) is 13.8 Å². The van der Waals surface area contributed by atoms with Gasteiger partial charge in [0, 0.05) is 25.5 Å². The van der Waals surface area contributed by atoms with E-state index in [0.29, 0.717) is 22.0 Å². The first-order chi connectivity index (χ1) is 13.5. The van der Waals surface area contributed by atoms with Crippen molar-refractivity contribution in [2.24, 2.45) is 0 Å². The Labute approximate surface area is 171 Å². The fraction of sp³-hybridized carbons (Fsp3) is 0.200. The molecule has 2 aromatic rings. The summed E-state index contributed by atoms with van der Waals surface area (Å²) >= 11 is 6.29. The zero-order valence-electron chi connectivity index (χ0n) is 16.2. The molecule has 29 heavy (non-hydrogen) atoms. The highest BCUT2D eigenvalue weighted by atomic mass is 35.5. The third-order valence-corrected chi connectivity index (χ3v) is 5.17. The van der Waals surface area contributed by atoms with Gasteiger partial charge in [0.25, 0.3) is 11.8 Å². The molecule has 3 rings (SSSR count). The molecule has 0 bridgehead atoms. The molecule has 4 amide bonds. The zero-order valence-corrected chi connectivity index (χ0v) is 16.9. The van der Waals surface area contributed by atoms with Gasteiger partial charge < -0.3 is 9.67 Å². The molecule has 0 unspecified atom stereocenters. The average molecular weight is 416 g/mol. The molecule has 2 heterocycles. The molecule has 0 radical (unpaired) electrons. The number of carbonyl (C=O) groups is 4. The number of hydrogen-bond acceptors (Lipinski definition) is 4. The molecule has 1 aromatic carbocycles. The van der Waals surface area contributed by atoms with Gasteiger partial charge in [-0.1, -0.05) is 11.6 Å². The molecule has 1 N–H and O–H groups in total. The van der Waals surface area contributed by atoms with Crippen molar-refractivity contribution < 1.29 is 24.3 Å². The third kappa shape index (κ3) is 3.31. The summed E-state index contributed by atoms with van der Waals surface area (Å²) in [6, 6.07) is 5.43. The van der Waals surface area contributed by atoms with Gasteiger partial charge in [0.2, 0.25) is 0 Å². The second-order valence-electron chi connectivity index (χ2n) is 6.70. The van der Waals surface area contributed by atoms with Crippen LogP contribution in [0.4, 0.5) is 4.79 Å². The number of nitrogens with zero attached hydrogens (tertiary/aromatic N) is 3. The van der Waals surface area contributed by atoms with E-state index in [1.807, 2.05) is 0 Å². The van der Waals surface area contributed by atoms with E-state index in [2.05, 4.69) is 0 Å². The Hall–Kier alpha value is -3.39. The Morgan fingerprint density at radius 3 is 2.17 bits per heavy atom. The quantitative estimate of drug-likeness (QED) is 0.613. The molecule has 1 aliphatic rings. The van der Waals surface area contributed by atoms with Crippen LogP contribution in [0.2, 0.25) is 5.02 Å². The van der Waals surface area contributed by atoms with Gasteiger partial charge in [0.1, 0.15) is 5.57 Å². The number of likely N-dealkylation sites (N-methyl/N-ethyl adjacent to an activating group) is 2. The Kier molecular flexibility index (Phi) is 5.06. The van der Waals surface area contributed by atoms with Gasteiger partial charge in [-0.2, -0.15) is 0 Å². The number of aryl methyl sites for hydroxylation is 1. The minimum atomic E-state index is -1.08. The summed E-state index contributed by atoms with van der Waals surface area (Å²) in [5.41, 5.74) is 2.37. The minimum Gasteiger partial charge on any atom is -0.478 e. The molecule has 8 nitrogen and oxygen atoms in total. The molecule has 9 heteroatoms. The predicted octanol–water partition coefficient (Wildman–Crippen LogP) is 2.88. The van der Waals surface area contributed by atoms with Crippen molar-refractivity contribution in [3.05, 3.63) is 57.4 Å². The van der Waals surface area contributed by atoms with E-state index in [9.17, 15) is 24.3 Å². The first-order valence-electron chi connectivity index (χ1n) is 8.58. The number of halogens is 1. The maximum absolute atomic E-state index is 12.4. The molecule has 1 fully saturated rings. The number of benzene rings is 1. The van der Waals surface area contributed by atoms with Crippen LogP contribution in [-0.4, -0.2) is 57.4 Å². The highest BCUT2D eigenvalue weighted by Gasteiger charge is 2.38. The molecule has 0 atom stereocenters. The van der Waals surface area contributed by atoms with Gasteiger partial charge in [0.15, 0.2) is 0 Å². The van der Waals surface area contributed by atoms with Crippen LogP contribution in [0.15, 0.2) is 29.8 Å². The molecule has 0 saturated carbocycles. The number of amides is 4. The van der Waals surface area contributed by atoms with E-state index >= 15 is 0 Å². The summed E-state index contributed by atoms with van der Waals surface area (Å²) in [6.07, 6.45) is 1.43. The number of imide groups is 2. The topological polar surface area (TPSA) is 99.9 Å². The maximum Gasteiger partial charge on any atom is 0.335 e. The van der Waals surface area contributed by atoms with Gasteiger partial charge in [-0.15, -0.1) is 0 Å². The van der Waals surface area contributed by atoms with E-state index in [1.54, 1.807) is 24.5 Å². The smallest absolute Gasteiger partial charge is 0.335 e. The molecule has 1 aromatic heterocycles. The lowest BCUT2D eigenvalue weighted by atomic mass is 10.1. The Bertz CT molecular complexity index is 1090. The first kappa shape index (κ1) is 20.3. The van der Waals surface area contributed by atoms with E-state index in [4.69, 9.17) is 11.6 Å². The molecule has 0 spiro atoms. The number of carboxylic acids is 1. The van der Waals surface area contributed by atoms with Crippen LogP contribution in [0.1, 0.15) is 27.3 Å². The lowest BCUT2D eigenvalue weighted by molar-refractivity contribution is -0.134. The number of urea groups is 1. The van der Waals surface area contributed by atoms with Crippen LogP contribution in [0.5, 0.6) is 0 Å².